The van der Waals surface area contributed by atoms with Gasteiger partial charge in [0.15, 0.2) is 0 Å². The first-order valence-corrected chi connectivity index (χ1v) is 6.23. The molecule has 0 saturated heterocycles. The van der Waals surface area contributed by atoms with Crippen molar-refractivity contribution in [2.75, 3.05) is 0 Å². The second-order valence-electron chi connectivity index (χ2n) is 4.70. The number of carbonyl (C=O) groups is 1. The lowest BCUT2D eigenvalue weighted by Gasteiger charge is -2.31. The van der Waals surface area contributed by atoms with Gasteiger partial charge in [-0.25, -0.2) is 4.39 Å². The topological polar surface area (TPSA) is 29.1 Å². The fourth-order valence-electron chi connectivity index (χ4n) is 2.59. The Balaban J connectivity index is 2.27. The summed E-state index contributed by atoms with van der Waals surface area (Å²) in [4.78, 5) is 11.6. The lowest BCUT2D eigenvalue weighted by molar-refractivity contribution is -0.122. The van der Waals surface area contributed by atoms with Gasteiger partial charge in [0.1, 0.15) is 5.82 Å². The fraction of sp³-hybridized carbons (Fsp3) is 0.500. The van der Waals surface area contributed by atoms with Crippen LogP contribution in [0, 0.1) is 5.82 Å². The molecule has 0 spiro atoms. The van der Waals surface area contributed by atoms with Crippen LogP contribution in [0.2, 0.25) is 0 Å². The molecule has 0 bridgehead atoms. The summed E-state index contributed by atoms with van der Waals surface area (Å²) in [5.74, 6) is -0.167. The van der Waals surface area contributed by atoms with Gasteiger partial charge in [-0.2, -0.15) is 0 Å². The zero-order chi connectivity index (χ0) is 12.3. The van der Waals surface area contributed by atoms with Crippen LogP contribution >= 0.6 is 0 Å². The molecule has 3 heteroatoms. The van der Waals surface area contributed by atoms with Crippen LogP contribution in [-0.2, 0) is 10.3 Å². The third kappa shape index (κ3) is 2.48. The van der Waals surface area contributed by atoms with Gasteiger partial charge in [0.05, 0.1) is 5.54 Å². The van der Waals surface area contributed by atoms with Crippen LogP contribution in [0.4, 0.5) is 4.39 Å². The van der Waals surface area contributed by atoms with Crippen molar-refractivity contribution in [2.24, 2.45) is 0 Å². The second-order valence-corrected chi connectivity index (χ2v) is 4.70. The summed E-state index contributed by atoms with van der Waals surface area (Å²) in [6.07, 6.45) is 4.61. The van der Waals surface area contributed by atoms with E-state index in [1.165, 1.54) is 12.1 Å². The molecule has 1 saturated carbocycles. The van der Waals surface area contributed by atoms with E-state index in [9.17, 15) is 9.18 Å². The van der Waals surface area contributed by atoms with Crippen molar-refractivity contribution in [2.45, 2.75) is 44.6 Å². The average Bonchev–Trinajstić information content (AvgIpc) is 2.79. The van der Waals surface area contributed by atoms with E-state index in [4.69, 9.17) is 0 Å². The molecule has 1 aliphatic rings. The van der Waals surface area contributed by atoms with Crippen molar-refractivity contribution in [1.82, 2.24) is 5.32 Å². The monoisotopic (exact) mass is 235 g/mol. The molecule has 1 aromatic rings. The zero-order valence-electron chi connectivity index (χ0n) is 10.1. The molecule has 2 nitrogen and oxygen atoms in total. The highest BCUT2D eigenvalue weighted by Crippen LogP contribution is 2.38. The Hall–Kier alpha value is -1.38. The van der Waals surface area contributed by atoms with Crippen LogP contribution in [0.15, 0.2) is 24.3 Å². The van der Waals surface area contributed by atoms with E-state index < -0.39 is 0 Å². The Morgan fingerprint density at radius 2 is 1.88 bits per heavy atom. The fourth-order valence-corrected chi connectivity index (χ4v) is 2.59. The molecule has 1 aliphatic carbocycles. The maximum atomic E-state index is 12.9. The molecule has 17 heavy (non-hydrogen) atoms. The lowest BCUT2D eigenvalue weighted by atomic mass is 9.88. The van der Waals surface area contributed by atoms with Crippen LogP contribution in [-0.4, -0.2) is 5.91 Å². The number of nitrogens with one attached hydrogen (secondary N) is 1. The first-order chi connectivity index (χ1) is 8.16. The van der Waals surface area contributed by atoms with Crippen molar-refractivity contribution in [1.29, 1.82) is 0 Å². The molecule has 0 unspecified atom stereocenters. The van der Waals surface area contributed by atoms with Gasteiger partial charge >= 0.3 is 0 Å². The number of benzene rings is 1. The second kappa shape index (κ2) is 4.86. The predicted molar refractivity (Wildman–Crippen MR) is 65.0 cm³/mol. The van der Waals surface area contributed by atoms with Crippen molar-refractivity contribution < 1.29 is 9.18 Å². The van der Waals surface area contributed by atoms with E-state index in [0.29, 0.717) is 6.42 Å². The maximum Gasteiger partial charge on any atom is 0.220 e. The van der Waals surface area contributed by atoms with Crippen molar-refractivity contribution in [3.05, 3.63) is 35.6 Å². The minimum absolute atomic E-state index is 0.0659. The molecular formula is C14H18FNO. The standard InChI is InChI=1S/C14H18FNO/c1-2-13(17)16-14(9-3-4-10-14)11-5-7-12(15)8-6-11/h5-8H,2-4,9-10H2,1H3,(H,16,17). The van der Waals surface area contributed by atoms with Gasteiger partial charge in [0.25, 0.3) is 0 Å². The molecule has 1 N–H and O–H groups in total. The Bertz CT molecular complexity index is 393. The summed E-state index contributed by atoms with van der Waals surface area (Å²) in [7, 11) is 0. The molecule has 2 rings (SSSR count). The molecule has 0 heterocycles. The Kier molecular flexibility index (Phi) is 3.46. The highest BCUT2D eigenvalue weighted by Gasteiger charge is 2.36. The van der Waals surface area contributed by atoms with E-state index in [1.54, 1.807) is 12.1 Å². The van der Waals surface area contributed by atoms with E-state index in [2.05, 4.69) is 5.32 Å². The molecule has 0 atom stereocenters. The first kappa shape index (κ1) is 12.1. The van der Waals surface area contributed by atoms with E-state index in [-0.39, 0.29) is 17.3 Å². The minimum Gasteiger partial charge on any atom is -0.347 e. The van der Waals surface area contributed by atoms with Gasteiger partial charge in [-0.05, 0) is 30.5 Å². The number of hydrogen-bond acceptors (Lipinski definition) is 1. The average molecular weight is 235 g/mol. The molecule has 0 aliphatic heterocycles. The molecular weight excluding hydrogens is 217 g/mol. The zero-order valence-corrected chi connectivity index (χ0v) is 10.1. The van der Waals surface area contributed by atoms with Crippen LogP contribution in [0.25, 0.3) is 0 Å². The van der Waals surface area contributed by atoms with Crippen molar-refractivity contribution in [3.63, 3.8) is 0 Å². The Morgan fingerprint density at radius 3 is 2.41 bits per heavy atom. The van der Waals surface area contributed by atoms with Crippen LogP contribution in [0.5, 0.6) is 0 Å². The van der Waals surface area contributed by atoms with E-state index in [1.807, 2.05) is 6.92 Å². The quantitative estimate of drug-likeness (QED) is 0.856. The van der Waals surface area contributed by atoms with Crippen LogP contribution in [0.1, 0.15) is 44.6 Å². The number of halogens is 1. The summed E-state index contributed by atoms with van der Waals surface area (Å²) < 4.78 is 12.9. The van der Waals surface area contributed by atoms with Gasteiger partial charge in [-0.15, -0.1) is 0 Å². The minimum atomic E-state index is -0.263. The van der Waals surface area contributed by atoms with Crippen molar-refractivity contribution >= 4 is 5.91 Å². The molecule has 92 valence electrons. The molecule has 1 amide bonds. The van der Waals surface area contributed by atoms with Gasteiger partial charge < -0.3 is 5.32 Å². The Morgan fingerprint density at radius 1 is 1.29 bits per heavy atom. The molecule has 1 fully saturated rings. The first-order valence-electron chi connectivity index (χ1n) is 6.23. The molecule has 1 aromatic carbocycles. The number of carbonyl (C=O) groups excluding carboxylic acids is 1. The van der Waals surface area contributed by atoms with Gasteiger partial charge in [0.2, 0.25) is 5.91 Å². The SMILES string of the molecule is CCC(=O)NC1(c2ccc(F)cc2)CCCC1. The normalized spacial score (nSPS) is 18.0. The van der Waals surface area contributed by atoms with E-state index in [0.717, 1.165) is 31.2 Å². The summed E-state index contributed by atoms with van der Waals surface area (Å²) in [5.41, 5.74) is 0.763. The number of rotatable bonds is 3. The third-order valence-electron chi connectivity index (χ3n) is 3.55. The molecule has 0 radical (unpaired) electrons. The smallest absolute Gasteiger partial charge is 0.220 e. The summed E-state index contributed by atoms with van der Waals surface area (Å²) in [6.45, 7) is 1.85. The van der Waals surface area contributed by atoms with Crippen LogP contribution < -0.4 is 5.32 Å². The summed E-state index contributed by atoms with van der Waals surface area (Å²) >= 11 is 0. The lowest BCUT2D eigenvalue weighted by Crippen LogP contribution is -2.43. The van der Waals surface area contributed by atoms with Crippen molar-refractivity contribution in [3.8, 4) is 0 Å². The number of hydrogen-bond donors (Lipinski definition) is 1. The Labute approximate surface area is 101 Å². The largest absolute Gasteiger partial charge is 0.347 e. The van der Waals surface area contributed by atoms with Gasteiger partial charge in [-0.1, -0.05) is 31.9 Å². The van der Waals surface area contributed by atoms with E-state index >= 15 is 0 Å². The molecule has 0 aromatic heterocycles. The highest BCUT2D eigenvalue weighted by atomic mass is 19.1. The summed E-state index contributed by atoms with van der Waals surface area (Å²) in [5, 5.41) is 3.12. The highest BCUT2D eigenvalue weighted by molar-refractivity contribution is 5.76. The third-order valence-corrected chi connectivity index (χ3v) is 3.55. The predicted octanol–water partition coefficient (Wildman–Crippen LogP) is 3.12. The maximum absolute atomic E-state index is 12.9. The summed E-state index contributed by atoms with van der Waals surface area (Å²) in [6, 6.07) is 6.51. The van der Waals surface area contributed by atoms with Crippen LogP contribution in [0.3, 0.4) is 0 Å². The van der Waals surface area contributed by atoms with Gasteiger partial charge in [-0.3, -0.25) is 4.79 Å². The van der Waals surface area contributed by atoms with Gasteiger partial charge in [0, 0.05) is 6.42 Å². The number of amides is 1.